The zero-order valence-electron chi connectivity index (χ0n) is 19.3. The van der Waals surface area contributed by atoms with E-state index < -0.39 is 27.5 Å². The van der Waals surface area contributed by atoms with Gasteiger partial charge in [0.2, 0.25) is 0 Å². The van der Waals surface area contributed by atoms with Crippen molar-refractivity contribution in [2.45, 2.75) is 18.0 Å². The number of fused-ring (bicyclic) bond motifs is 1. The van der Waals surface area contributed by atoms with E-state index in [9.17, 15) is 26.4 Å². The number of pyridine rings is 1. The fraction of sp³-hybridized carbons (Fsp3) is 0.154. The Morgan fingerprint density at radius 1 is 1.00 bits per heavy atom. The second-order valence-electron chi connectivity index (χ2n) is 7.98. The Morgan fingerprint density at radius 2 is 1.67 bits per heavy atom. The number of ether oxygens (including phenoxy) is 1. The maximum atomic E-state index is 13.7. The molecule has 0 aliphatic carbocycles. The van der Waals surface area contributed by atoms with Crippen LogP contribution in [0.4, 0.5) is 13.2 Å². The van der Waals surface area contributed by atoms with Crippen LogP contribution >= 0.6 is 0 Å². The number of sulfone groups is 1. The third-order valence-corrected chi connectivity index (χ3v) is 6.49. The van der Waals surface area contributed by atoms with Gasteiger partial charge in [0.15, 0.2) is 9.84 Å². The number of para-hydroxylation sites is 1. The Bertz CT molecular complexity index is 1570. The zero-order valence-corrected chi connectivity index (χ0v) is 20.1. The molecule has 0 aliphatic rings. The lowest BCUT2D eigenvalue weighted by molar-refractivity contribution is -0.136. The first-order valence-electron chi connectivity index (χ1n) is 10.8. The quantitative estimate of drug-likeness (QED) is 0.348. The lowest BCUT2D eigenvalue weighted by Crippen LogP contribution is -2.23. The summed E-state index contributed by atoms with van der Waals surface area (Å²) in [7, 11) is -3.45. The zero-order chi connectivity index (χ0) is 26.1. The average Bonchev–Trinajstić information content (AvgIpc) is 2.82. The highest BCUT2D eigenvalue weighted by Crippen LogP contribution is 2.39. The molecule has 0 saturated carbocycles. The second kappa shape index (κ2) is 9.62. The van der Waals surface area contributed by atoms with Gasteiger partial charge in [-0.2, -0.15) is 13.2 Å². The van der Waals surface area contributed by atoms with E-state index >= 15 is 0 Å². The van der Waals surface area contributed by atoms with E-state index in [1.54, 1.807) is 37.3 Å². The number of aromatic nitrogens is 1. The number of nitrogens with one attached hydrogen (secondary N) is 1. The molecule has 1 amide bonds. The Balaban J connectivity index is 1.88. The van der Waals surface area contributed by atoms with E-state index in [1.807, 2.05) is 0 Å². The van der Waals surface area contributed by atoms with Gasteiger partial charge < -0.3 is 10.1 Å². The molecule has 0 radical (unpaired) electrons. The molecular formula is C26H21F3N2O4S. The summed E-state index contributed by atoms with van der Waals surface area (Å²) in [5, 5.41) is 2.82. The number of carbonyl (C=O) groups is 1. The average molecular weight is 515 g/mol. The van der Waals surface area contributed by atoms with E-state index in [4.69, 9.17) is 4.74 Å². The van der Waals surface area contributed by atoms with E-state index in [2.05, 4.69) is 10.3 Å². The lowest BCUT2D eigenvalue weighted by atomic mass is 9.94. The molecule has 1 N–H and O–H groups in total. The largest absolute Gasteiger partial charge is 0.457 e. The molecule has 186 valence electrons. The Labute approximate surface area is 205 Å². The predicted molar refractivity (Wildman–Crippen MR) is 130 cm³/mol. The van der Waals surface area contributed by atoms with Crippen LogP contribution < -0.4 is 10.1 Å². The molecule has 0 unspecified atom stereocenters. The monoisotopic (exact) mass is 514 g/mol. The molecule has 3 aromatic carbocycles. The smallest absolute Gasteiger partial charge is 0.418 e. The predicted octanol–water partition coefficient (Wildman–Crippen LogP) is 5.87. The van der Waals surface area contributed by atoms with Gasteiger partial charge in [0.1, 0.15) is 11.5 Å². The van der Waals surface area contributed by atoms with Gasteiger partial charge in [-0.15, -0.1) is 0 Å². The standard InChI is InChI=1S/C26H21F3N2O4S/c1-3-30-25(32)21-15-31-24-20(11-6-12-22(24)26(27,28)29)23(21)16-7-4-8-17(13-16)35-18-9-5-10-19(14-18)36(2,33)34/h4-15H,3H2,1-2H3,(H,30,32). The van der Waals surface area contributed by atoms with Gasteiger partial charge in [0.25, 0.3) is 5.91 Å². The molecule has 36 heavy (non-hydrogen) atoms. The SMILES string of the molecule is CCNC(=O)c1cnc2c(C(F)(F)F)cccc2c1-c1cccc(Oc2cccc(S(C)(=O)=O)c2)c1. The van der Waals surface area contributed by atoms with Crippen molar-refractivity contribution in [3.8, 4) is 22.6 Å². The van der Waals surface area contributed by atoms with Crippen LogP contribution in [0.25, 0.3) is 22.0 Å². The Morgan fingerprint density at radius 3 is 2.33 bits per heavy atom. The van der Waals surface area contributed by atoms with Crippen molar-refractivity contribution in [3.63, 3.8) is 0 Å². The first-order chi connectivity index (χ1) is 17.0. The number of benzene rings is 3. The molecule has 0 saturated heterocycles. The fourth-order valence-corrected chi connectivity index (χ4v) is 4.47. The minimum atomic E-state index is -4.63. The van der Waals surface area contributed by atoms with Crippen LogP contribution in [0.3, 0.4) is 0 Å². The topological polar surface area (TPSA) is 85.4 Å². The highest BCUT2D eigenvalue weighted by atomic mass is 32.2. The number of rotatable bonds is 6. The molecule has 0 fully saturated rings. The summed E-state index contributed by atoms with van der Waals surface area (Å²) in [5.41, 5.74) is -0.374. The molecule has 0 aliphatic heterocycles. The molecule has 1 heterocycles. The van der Waals surface area contributed by atoms with Crippen molar-refractivity contribution in [2.75, 3.05) is 12.8 Å². The first kappa shape index (κ1) is 25.2. The van der Waals surface area contributed by atoms with E-state index in [1.165, 1.54) is 30.3 Å². The highest BCUT2D eigenvalue weighted by molar-refractivity contribution is 7.90. The summed E-state index contributed by atoms with van der Waals surface area (Å²) in [5.74, 6) is 0.0846. The molecule has 0 atom stereocenters. The molecule has 1 aromatic heterocycles. The summed E-state index contributed by atoms with van der Waals surface area (Å²) in [6, 6.07) is 16.1. The van der Waals surface area contributed by atoms with Crippen molar-refractivity contribution in [3.05, 3.63) is 84.1 Å². The van der Waals surface area contributed by atoms with E-state index in [-0.39, 0.29) is 32.7 Å². The van der Waals surface area contributed by atoms with Gasteiger partial charge in [-0.05, 0) is 48.9 Å². The van der Waals surface area contributed by atoms with Crippen LogP contribution in [0.15, 0.2) is 77.8 Å². The summed E-state index contributed by atoms with van der Waals surface area (Å²) in [6.45, 7) is 2.05. The van der Waals surface area contributed by atoms with E-state index in [0.717, 1.165) is 18.5 Å². The van der Waals surface area contributed by atoms with Crippen LogP contribution in [0.1, 0.15) is 22.8 Å². The second-order valence-corrected chi connectivity index (χ2v) is 10.00. The number of hydrogen-bond acceptors (Lipinski definition) is 5. The molecule has 4 rings (SSSR count). The molecule has 6 nitrogen and oxygen atoms in total. The van der Waals surface area contributed by atoms with Crippen LogP contribution in [-0.2, 0) is 16.0 Å². The van der Waals surface area contributed by atoms with Crippen molar-refractivity contribution >= 4 is 26.6 Å². The normalized spacial score (nSPS) is 11.9. The maximum absolute atomic E-state index is 13.7. The van der Waals surface area contributed by atoms with E-state index in [0.29, 0.717) is 17.9 Å². The number of halogens is 3. The maximum Gasteiger partial charge on any atom is 0.418 e. The minimum absolute atomic E-state index is 0.0782. The molecule has 10 heteroatoms. The van der Waals surface area contributed by atoms with Crippen LogP contribution in [-0.4, -0.2) is 32.1 Å². The lowest BCUT2D eigenvalue weighted by Gasteiger charge is -2.16. The van der Waals surface area contributed by atoms with Crippen LogP contribution in [0.2, 0.25) is 0 Å². The summed E-state index contributed by atoms with van der Waals surface area (Å²) in [4.78, 5) is 16.9. The first-order valence-corrected chi connectivity index (χ1v) is 12.7. The summed E-state index contributed by atoms with van der Waals surface area (Å²) >= 11 is 0. The molecular weight excluding hydrogens is 493 g/mol. The molecule has 0 bridgehead atoms. The van der Waals surface area contributed by atoms with Gasteiger partial charge in [0.05, 0.1) is 21.5 Å². The number of carbonyl (C=O) groups excluding carboxylic acids is 1. The Hall–Kier alpha value is -3.92. The van der Waals surface area contributed by atoms with Crippen LogP contribution in [0, 0.1) is 0 Å². The van der Waals surface area contributed by atoms with Gasteiger partial charge in [-0.25, -0.2) is 8.42 Å². The number of alkyl halides is 3. The van der Waals surface area contributed by atoms with Crippen LogP contribution in [0.5, 0.6) is 11.5 Å². The fourth-order valence-electron chi connectivity index (χ4n) is 3.81. The number of nitrogens with zero attached hydrogens (tertiary/aromatic N) is 1. The highest BCUT2D eigenvalue weighted by Gasteiger charge is 2.34. The van der Waals surface area contributed by atoms with Crippen molar-refractivity contribution in [2.24, 2.45) is 0 Å². The minimum Gasteiger partial charge on any atom is -0.457 e. The molecule has 0 spiro atoms. The van der Waals surface area contributed by atoms with Crippen molar-refractivity contribution in [1.29, 1.82) is 0 Å². The number of hydrogen-bond donors (Lipinski definition) is 1. The van der Waals surface area contributed by atoms with Crippen molar-refractivity contribution in [1.82, 2.24) is 10.3 Å². The summed E-state index contributed by atoms with van der Waals surface area (Å²) < 4.78 is 70.6. The third-order valence-electron chi connectivity index (χ3n) is 5.38. The van der Waals surface area contributed by atoms with Gasteiger partial charge in [-0.3, -0.25) is 9.78 Å². The summed E-state index contributed by atoms with van der Waals surface area (Å²) in [6.07, 6.45) is -2.41. The Kier molecular flexibility index (Phi) is 6.73. The third kappa shape index (κ3) is 5.18. The molecule has 4 aromatic rings. The van der Waals surface area contributed by atoms with Gasteiger partial charge in [-0.1, -0.05) is 30.3 Å². The van der Waals surface area contributed by atoms with Crippen molar-refractivity contribution < 1.29 is 31.1 Å². The number of amides is 1. The van der Waals surface area contributed by atoms with Gasteiger partial charge >= 0.3 is 6.18 Å². The van der Waals surface area contributed by atoms with Gasteiger partial charge in [0, 0.05) is 29.9 Å².